The SMILES string of the molecule is c1ccc(-c2ccc3c4c5cc6c7ccc(N(c8ccc9ccccc9c8)c8cccc9ccccc89)cc7c7ccccc7c6cc5ccc4n(-c4cccc5ccccc45)c3c2)cc1. The van der Waals surface area contributed by atoms with Crippen molar-refractivity contribution in [3.8, 4) is 16.8 Å². The van der Waals surface area contributed by atoms with Gasteiger partial charge in [-0.1, -0.05) is 182 Å². The molecule has 2 heteroatoms. The average Bonchev–Trinajstić information content (AvgIpc) is 3.72. The third-order valence-corrected chi connectivity index (χ3v) is 14.1. The van der Waals surface area contributed by atoms with Gasteiger partial charge in [-0.15, -0.1) is 0 Å². The molecule has 0 fully saturated rings. The Kier molecular flexibility index (Phi) is 8.02. The first-order valence-corrected chi connectivity index (χ1v) is 22.8. The molecule has 0 saturated carbocycles. The summed E-state index contributed by atoms with van der Waals surface area (Å²) in [6, 6.07) is 89.8. The molecule has 1 aromatic heterocycles. The summed E-state index contributed by atoms with van der Waals surface area (Å²) in [5, 5.41) is 19.9. The summed E-state index contributed by atoms with van der Waals surface area (Å²) in [5.41, 5.74) is 9.40. The van der Waals surface area contributed by atoms with E-state index in [0.717, 1.165) is 17.1 Å². The number of hydrogen-bond acceptors (Lipinski definition) is 1. The third kappa shape index (κ3) is 5.55. The molecule has 2 nitrogen and oxygen atoms in total. The second-order valence-electron chi connectivity index (χ2n) is 17.7. The number of anilines is 3. The standard InChI is InChI=1S/C64H40N2/c1-2-14-41(15-3-1)46-29-33-55-63(38-46)66(61-27-13-21-44-18-7-9-23-51(44)61)62-35-30-47-37-57-52-24-10-11-25-53(52)58-39-49(32-34-54(58)59(57)40-56(47)64(55)62)65(48-31-28-42-16-4-5-19-45(42)36-48)60-26-12-20-43-17-6-8-22-50(43)60/h1-40H. The second kappa shape index (κ2) is 14.4. The summed E-state index contributed by atoms with van der Waals surface area (Å²) in [5.74, 6) is 0. The Bertz CT molecular complexity index is 4280. The second-order valence-corrected chi connectivity index (χ2v) is 17.7. The van der Waals surface area contributed by atoms with Gasteiger partial charge in [-0.05, 0) is 136 Å². The van der Waals surface area contributed by atoms with Gasteiger partial charge in [-0.2, -0.15) is 0 Å². The van der Waals surface area contributed by atoms with Crippen LogP contribution in [0.5, 0.6) is 0 Å². The minimum atomic E-state index is 1.12. The van der Waals surface area contributed by atoms with E-state index < -0.39 is 0 Å². The fraction of sp³-hybridized carbons (Fsp3) is 0. The number of aromatic nitrogens is 1. The first-order valence-electron chi connectivity index (χ1n) is 22.8. The van der Waals surface area contributed by atoms with E-state index in [4.69, 9.17) is 0 Å². The topological polar surface area (TPSA) is 8.17 Å². The van der Waals surface area contributed by atoms with Crippen LogP contribution in [0.1, 0.15) is 0 Å². The average molecular weight is 837 g/mol. The first kappa shape index (κ1) is 36.7. The van der Waals surface area contributed by atoms with Gasteiger partial charge in [0.15, 0.2) is 0 Å². The van der Waals surface area contributed by atoms with Crippen LogP contribution in [0.4, 0.5) is 17.1 Å². The highest BCUT2D eigenvalue weighted by Gasteiger charge is 2.21. The van der Waals surface area contributed by atoms with Gasteiger partial charge in [0.25, 0.3) is 0 Å². The Labute approximate surface area is 381 Å². The molecular weight excluding hydrogens is 797 g/mol. The van der Waals surface area contributed by atoms with Gasteiger partial charge in [-0.3, -0.25) is 0 Å². The van der Waals surface area contributed by atoms with Crippen molar-refractivity contribution in [1.29, 1.82) is 0 Å². The number of fused-ring (bicyclic) bond motifs is 14. The van der Waals surface area contributed by atoms with Gasteiger partial charge in [0.05, 0.1) is 22.4 Å². The molecule has 0 aliphatic carbocycles. The van der Waals surface area contributed by atoms with Crippen LogP contribution in [-0.2, 0) is 0 Å². The summed E-state index contributed by atoms with van der Waals surface area (Å²) in [6.45, 7) is 0. The zero-order chi connectivity index (χ0) is 43.3. The summed E-state index contributed by atoms with van der Waals surface area (Å²) < 4.78 is 2.50. The molecule has 13 aromatic carbocycles. The van der Waals surface area contributed by atoms with E-state index in [1.807, 2.05) is 0 Å². The van der Waals surface area contributed by atoms with E-state index in [1.165, 1.54) is 114 Å². The van der Waals surface area contributed by atoms with Crippen LogP contribution in [0.15, 0.2) is 243 Å². The highest BCUT2D eigenvalue weighted by molar-refractivity contribution is 6.31. The van der Waals surface area contributed by atoms with Gasteiger partial charge in [0.1, 0.15) is 0 Å². The third-order valence-electron chi connectivity index (χ3n) is 14.1. The van der Waals surface area contributed by atoms with Crippen molar-refractivity contribution < 1.29 is 0 Å². The zero-order valence-electron chi connectivity index (χ0n) is 36.0. The van der Waals surface area contributed by atoms with Gasteiger partial charge >= 0.3 is 0 Å². The van der Waals surface area contributed by atoms with Crippen LogP contribution >= 0.6 is 0 Å². The lowest BCUT2D eigenvalue weighted by atomic mass is 9.91. The van der Waals surface area contributed by atoms with Crippen molar-refractivity contribution >= 4 is 114 Å². The van der Waals surface area contributed by atoms with Crippen molar-refractivity contribution in [2.45, 2.75) is 0 Å². The van der Waals surface area contributed by atoms with Gasteiger partial charge < -0.3 is 9.47 Å². The molecule has 0 atom stereocenters. The largest absolute Gasteiger partial charge is 0.310 e. The van der Waals surface area contributed by atoms with Crippen LogP contribution in [0, 0.1) is 0 Å². The van der Waals surface area contributed by atoms with Crippen LogP contribution in [-0.4, -0.2) is 4.57 Å². The molecule has 0 saturated heterocycles. The van der Waals surface area contributed by atoms with Crippen molar-refractivity contribution in [3.05, 3.63) is 243 Å². The fourth-order valence-electron chi connectivity index (χ4n) is 11.0. The van der Waals surface area contributed by atoms with Crippen molar-refractivity contribution in [2.75, 3.05) is 4.90 Å². The van der Waals surface area contributed by atoms with E-state index in [0.29, 0.717) is 0 Å². The Balaban J connectivity index is 1.06. The molecule has 0 bridgehead atoms. The highest BCUT2D eigenvalue weighted by atomic mass is 15.1. The van der Waals surface area contributed by atoms with E-state index in [2.05, 4.69) is 252 Å². The van der Waals surface area contributed by atoms with Crippen LogP contribution < -0.4 is 4.90 Å². The quantitative estimate of drug-likeness (QED) is 0.124. The summed E-state index contributed by atoms with van der Waals surface area (Å²) in [6.07, 6.45) is 0. The molecule has 0 unspecified atom stereocenters. The molecule has 306 valence electrons. The predicted octanol–water partition coefficient (Wildman–Crippen LogP) is 18.0. The summed E-state index contributed by atoms with van der Waals surface area (Å²) in [4.78, 5) is 2.45. The van der Waals surface area contributed by atoms with E-state index >= 15 is 0 Å². The monoisotopic (exact) mass is 836 g/mol. The Hall–Kier alpha value is -8.72. The molecular formula is C64H40N2. The maximum Gasteiger partial charge on any atom is 0.0547 e. The lowest BCUT2D eigenvalue weighted by Gasteiger charge is -2.28. The van der Waals surface area contributed by atoms with Gasteiger partial charge in [-0.25, -0.2) is 0 Å². The van der Waals surface area contributed by atoms with Gasteiger partial charge in [0, 0.05) is 32.9 Å². The van der Waals surface area contributed by atoms with Crippen molar-refractivity contribution in [1.82, 2.24) is 4.57 Å². The zero-order valence-corrected chi connectivity index (χ0v) is 36.0. The molecule has 14 aromatic rings. The molecule has 0 aliphatic rings. The van der Waals surface area contributed by atoms with Gasteiger partial charge in [0.2, 0.25) is 0 Å². The molecule has 0 N–H and O–H groups in total. The minimum absolute atomic E-state index is 1.12. The van der Waals surface area contributed by atoms with E-state index in [9.17, 15) is 0 Å². The minimum Gasteiger partial charge on any atom is -0.310 e. The Morgan fingerprint density at radius 2 is 0.833 bits per heavy atom. The lowest BCUT2D eigenvalue weighted by Crippen LogP contribution is -2.10. The Morgan fingerprint density at radius 3 is 1.65 bits per heavy atom. The number of rotatable bonds is 5. The Morgan fingerprint density at radius 1 is 0.258 bits per heavy atom. The normalized spacial score (nSPS) is 11.9. The number of benzene rings is 13. The molecule has 66 heavy (non-hydrogen) atoms. The van der Waals surface area contributed by atoms with Crippen LogP contribution in [0.3, 0.4) is 0 Å². The number of hydrogen-bond donors (Lipinski definition) is 0. The molecule has 1 heterocycles. The van der Waals surface area contributed by atoms with Crippen LogP contribution in [0.2, 0.25) is 0 Å². The number of nitrogens with zero attached hydrogens (tertiary/aromatic N) is 2. The molecule has 0 amide bonds. The van der Waals surface area contributed by atoms with E-state index in [1.54, 1.807) is 0 Å². The molecule has 0 spiro atoms. The maximum atomic E-state index is 2.50. The molecule has 0 radical (unpaired) electrons. The summed E-state index contributed by atoms with van der Waals surface area (Å²) >= 11 is 0. The fourth-order valence-corrected chi connectivity index (χ4v) is 11.0. The molecule has 14 rings (SSSR count). The maximum absolute atomic E-state index is 2.50. The van der Waals surface area contributed by atoms with Crippen molar-refractivity contribution in [3.63, 3.8) is 0 Å². The highest BCUT2D eigenvalue weighted by Crippen LogP contribution is 2.46. The lowest BCUT2D eigenvalue weighted by molar-refractivity contribution is 1.20. The molecule has 0 aliphatic heterocycles. The van der Waals surface area contributed by atoms with E-state index in [-0.39, 0.29) is 0 Å². The summed E-state index contributed by atoms with van der Waals surface area (Å²) in [7, 11) is 0. The first-order chi connectivity index (χ1) is 32.7. The van der Waals surface area contributed by atoms with Crippen molar-refractivity contribution in [2.24, 2.45) is 0 Å². The smallest absolute Gasteiger partial charge is 0.0547 e. The van der Waals surface area contributed by atoms with Crippen LogP contribution in [0.25, 0.3) is 114 Å². The predicted molar refractivity (Wildman–Crippen MR) is 283 cm³/mol.